The van der Waals surface area contributed by atoms with Gasteiger partial charge in [0.2, 0.25) is 0 Å². The topological polar surface area (TPSA) is 51.4 Å². The predicted octanol–water partition coefficient (Wildman–Crippen LogP) is 5.19. The van der Waals surface area contributed by atoms with Crippen LogP contribution in [0.3, 0.4) is 0 Å². The van der Waals surface area contributed by atoms with E-state index in [0.717, 1.165) is 10.8 Å². The summed E-state index contributed by atoms with van der Waals surface area (Å²) in [5.74, 6) is -0.992. The zero-order chi connectivity index (χ0) is 19.8. The molecule has 0 saturated carbocycles. The molecule has 28 heavy (non-hydrogen) atoms. The molecule has 0 radical (unpaired) electrons. The van der Waals surface area contributed by atoms with Crippen LogP contribution in [0.15, 0.2) is 66.0 Å². The Hall–Kier alpha value is -2.96. The van der Waals surface area contributed by atoms with Crippen LogP contribution in [0.4, 0.5) is 20.3 Å². The van der Waals surface area contributed by atoms with E-state index in [1.807, 2.05) is 0 Å². The van der Waals surface area contributed by atoms with E-state index in [1.54, 1.807) is 48.8 Å². The van der Waals surface area contributed by atoms with Crippen molar-refractivity contribution in [3.63, 3.8) is 0 Å². The van der Waals surface area contributed by atoms with Crippen LogP contribution in [-0.4, -0.2) is 18.3 Å². The molecule has 4 rings (SSSR count). The molecule has 0 spiro atoms. The average molecular weight is 400 g/mol. The molecule has 0 amide bonds. The van der Waals surface area contributed by atoms with Crippen LogP contribution in [0.2, 0.25) is 0 Å². The smallest absolute Gasteiger partial charge is 0.157 e. The van der Waals surface area contributed by atoms with Crippen LogP contribution in [0.5, 0.6) is 0 Å². The van der Waals surface area contributed by atoms with Gasteiger partial charge in [-0.1, -0.05) is 23.7 Å². The maximum atomic E-state index is 15.4. The van der Waals surface area contributed by atoms with E-state index in [-0.39, 0.29) is 11.3 Å². The number of fused-ring (bicyclic) bond motifs is 1. The molecular weight excluding hydrogens is 384 g/mol. The molecule has 1 aromatic heterocycles. The molecule has 1 unspecified atom stereocenters. The Morgan fingerprint density at radius 2 is 1.96 bits per heavy atom. The van der Waals surface area contributed by atoms with Crippen LogP contribution in [-0.2, 0) is 4.74 Å². The number of pyridine rings is 1. The zero-order valence-corrected chi connectivity index (χ0v) is 15.6. The maximum absolute atomic E-state index is 15.4. The number of rotatable bonds is 3. The lowest BCUT2D eigenvalue weighted by Crippen LogP contribution is -2.33. The van der Waals surface area contributed by atoms with Crippen LogP contribution < -0.4 is 10.6 Å². The zero-order valence-electron chi connectivity index (χ0n) is 14.9. The minimum Gasteiger partial charge on any atom is -0.384 e. The van der Waals surface area contributed by atoms with Gasteiger partial charge in [0.15, 0.2) is 12.0 Å². The monoisotopic (exact) mass is 399 g/mol. The fraction of sp³-hybridized carbons (Fsp3) is 0.0952. The van der Waals surface area contributed by atoms with Crippen molar-refractivity contribution in [3.8, 4) is 11.1 Å². The van der Waals surface area contributed by atoms with Gasteiger partial charge in [-0.05, 0) is 47.4 Å². The van der Waals surface area contributed by atoms with Crippen molar-refractivity contribution >= 4 is 33.9 Å². The van der Waals surface area contributed by atoms with Crippen LogP contribution in [0.25, 0.3) is 21.9 Å². The van der Waals surface area contributed by atoms with E-state index in [4.69, 9.17) is 22.1 Å². The van der Waals surface area contributed by atoms with Gasteiger partial charge in [-0.25, -0.2) is 13.8 Å². The molecule has 3 aromatic rings. The summed E-state index contributed by atoms with van der Waals surface area (Å²) in [7, 11) is 1.50. The van der Waals surface area contributed by atoms with Gasteiger partial charge in [-0.3, -0.25) is 0 Å². The number of ether oxygens (including phenoxy) is 1. The lowest BCUT2D eigenvalue weighted by molar-refractivity contribution is 0.143. The molecule has 0 saturated heterocycles. The van der Waals surface area contributed by atoms with E-state index >= 15 is 4.39 Å². The summed E-state index contributed by atoms with van der Waals surface area (Å²) in [5, 5.41) is 1.98. The molecule has 2 aromatic carbocycles. The average Bonchev–Trinajstić information content (AvgIpc) is 2.68. The van der Waals surface area contributed by atoms with Gasteiger partial charge in [-0.2, -0.15) is 0 Å². The molecule has 1 atom stereocenters. The van der Waals surface area contributed by atoms with Crippen molar-refractivity contribution in [1.82, 2.24) is 4.98 Å². The van der Waals surface area contributed by atoms with E-state index in [2.05, 4.69) is 4.98 Å². The Kier molecular flexibility index (Phi) is 4.75. The van der Waals surface area contributed by atoms with E-state index in [1.165, 1.54) is 24.1 Å². The highest BCUT2D eigenvalue weighted by Gasteiger charge is 2.24. The van der Waals surface area contributed by atoms with Crippen molar-refractivity contribution in [2.24, 2.45) is 0 Å². The van der Waals surface area contributed by atoms with Crippen LogP contribution in [0.1, 0.15) is 0 Å². The number of nitrogens with two attached hydrogens (primary N) is 1. The quantitative estimate of drug-likeness (QED) is 0.658. The molecule has 0 aliphatic carbocycles. The van der Waals surface area contributed by atoms with Gasteiger partial charge in [0.25, 0.3) is 0 Å². The number of aromatic nitrogens is 1. The third-order valence-electron chi connectivity index (χ3n) is 4.58. The number of allylic oxidation sites excluding steroid dienone is 2. The minimum absolute atomic E-state index is 0.134. The number of hydrogen-bond acceptors (Lipinski definition) is 4. The van der Waals surface area contributed by atoms with Gasteiger partial charge < -0.3 is 15.4 Å². The summed E-state index contributed by atoms with van der Waals surface area (Å²) in [6, 6.07) is 9.39. The Morgan fingerprint density at radius 3 is 2.75 bits per heavy atom. The number of hydrogen-bond donors (Lipinski definition) is 1. The van der Waals surface area contributed by atoms with Crippen LogP contribution in [0, 0.1) is 11.6 Å². The number of benzene rings is 2. The summed E-state index contributed by atoms with van der Waals surface area (Å²) in [5.41, 5.74) is 6.11. The highest BCUT2D eigenvalue weighted by Crippen LogP contribution is 2.36. The molecule has 0 bridgehead atoms. The Morgan fingerprint density at radius 1 is 1.14 bits per heavy atom. The standard InChI is InChI=1S/C21H16ClF2N3O/c1-28-19-7-4-15(22)11-27(19)17-6-5-16(23)20(21(17)24)13-3-2-12-9-18(25)26-10-14(12)8-13/h2-11,19H,1H3,(H2,25,26). The largest absolute Gasteiger partial charge is 0.384 e. The summed E-state index contributed by atoms with van der Waals surface area (Å²) < 4.78 is 35.4. The molecule has 1 aliphatic heterocycles. The molecule has 2 N–H and O–H groups in total. The first-order chi connectivity index (χ1) is 13.5. The first-order valence-corrected chi connectivity index (χ1v) is 8.86. The van der Waals surface area contributed by atoms with E-state index < -0.39 is 17.9 Å². The third-order valence-corrected chi connectivity index (χ3v) is 4.80. The first-order valence-electron chi connectivity index (χ1n) is 8.48. The minimum atomic E-state index is -0.708. The van der Waals surface area contributed by atoms with Gasteiger partial charge in [-0.15, -0.1) is 0 Å². The molecule has 7 heteroatoms. The summed E-state index contributed by atoms with van der Waals surface area (Å²) in [6.45, 7) is 0. The second kappa shape index (κ2) is 7.22. The van der Waals surface area contributed by atoms with E-state index in [0.29, 0.717) is 16.4 Å². The van der Waals surface area contributed by atoms with Gasteiger partial charge >= 0.3 is 0 Å². The fourth-order valence-corrected chi connectivity index (χ4v) is 3.41. The summed E-state index contributed by atoms with van der Waals surface area (Å²) >= 11 is 6.07. The molecule has 2 heterocycles. The van der Waals surface area contributed by atoms with Crippen molar-refractivity contribution in [2.45, 2.75) is 6.23 Å². The van der Waals surface area contributed by atoms with Gasteiger partial charge in [0.1, 0.15) is 11.6 Å². The molecule has 1 aliphatic rings. The highest BCUT2D eigenvalue weighted by atomic mass is 35.5. The van der Waals surface area contributed by atoms with Gasteiger partial charge in [0, 0.05) is 24.9 Å². The normalized spacial score (nSPS) is 16.5. The lowest BCUT2D eigenvalue weighted by Gasteiger charge is -2.30. The summed E-state index contributed by atoms with van der Waals surface area (Å²) in [6.07, 6.45) is 5.92. The van der Waals surface area contributed by atoms with Crippen molar-refractivity contribution in [2.75, 3.05) is 17.7 Å². The lowest BCUT2D eigenvalue weighted by atomic mass is 10.00. The predicted molar refractivity (Wildman–Crippen MR) is 108 cm³/mol. The Labute approximate surface area is 165 Å². The summed E-state index contributed by atoms with van der Waals surface area (Å²) in [4.78, 5) is 5.56. The number of anilines is 2. The fourth-order valence-electron chi connectivity index (χ4n) is 3.23. The molecular formula is C21H16ClF2N3O. The third kappa shape index (κ3) is 3.21. The molecule has 142 valence electrons. The van der Waals surface area contributed by atoms with E-state index in [9.17, 15) is 4.39 Å². The van der Waals surface area contributed by atoms with Crippen molar-refractivity contribution < 1.29 is 13.5 Å². The first kappa shape index (κ1) is 18.4. The van der Waals surface area contributed by atoms with Crippen molar-refractivity contribution in [3.05, 3.63) is 77.6 Å². The molecule has 4 nitrogen and oxygen atoms in total. The Bertz CT molecular complexity index is 1130. The van der Waals surface area contributed by atoms with Crippen molar-refractivity contribution in [1.29, 1.82) is 0 Å². The second-order valence-electron chi connectivity index (χ2n) is 6.33. The maximum Gasteiger partial charge on any atom is 0.157 e. The molecule has 0 fully saturated rings. The second-order valence-corrected chi connectivity index (χ2v) is 6.77. The van der Waals surface area contributed by atoms with Gasteiger partial charge in [0.05, 0.1) is 16.3 Å². The number of nitrogens with zero attached hydrogens (tertiary/aromatic N) is 2. The highest BCUT2D eigenvalue weighted by molar-refractivity contribution is 6.31. The SMILES string of the molecule is COC1C=CC(Cl)=CN1c1ccc(F)c(-c2ccc3cc(N)ncc3c2)c1F. The number of halogens is 3. The Balaban J connectivity index is 1.86. The number of methoxy groups -OCH3 is 1. The number of nitrogen functional groups attached to an aromatic ring is 1. The van der Waals surface area contributed by atoms with Crippen LogP contribution >= 0.6 is 11.6 Å².